The van der Waals surface area contributed by atoms with Crippen LogP contribution in [-0.4, -0.2) is 11.5 Å². The van der Waals surface area contributed by atoms with Gasteiger partial charge in [0.25, 0.3) is 0 Å². The van der Waals surface area contributed by atoms with E-state index in [1.165, 1.54) is 12.1 Å². The molecule has 1 aliphatic carbocycles. The Morgan fingerprint density at radius 1 is 0.838 bits per heavy atom. The first-order chi connectivity index (χ1) is 17.4. The lowest BCUT2D eigenvalue weighted by Gasteiger charge is -2.20. The first kappa shape index (κ1) is 26.3. The Morgan fingerprint density at radius 2 is 1.51 bits per heavy atom. The summed E-state index contributed by atoms with van der Waals surface area (Å²) in [6.07, 6.45) is -0.103. The first-order valence-corrected chi connectivity index (χ1v) is 10.9. The summed E-state index contributed by atoms with van der Waals surface area (Å²) < 4.78 is 109. The van der Waals surface area contributed by atoms with Gasteiger partial charge in [-0.3, -0.25) is 0 Å². The SMILES string of the molecule is O=C(Cl)OC1C=CC(c2ccc(-c3cc(F)c(C(F)(F)Oc4ccc(F)c(F)c4)c(F)c3)c(F)c2)=CC1. The molecule has 0 amide bonds. The van der Waals surface area contributed by atoms with E-state index in [0.717, 1.165) is 6.07 Å². The number of carbonyl (C=O) groups is 1. The zero-order chi connectivity index (χ0) is 26.9. The lowest BCUT2D eigenvalue weighted by atomic mass is 9.95. The molecule has 1 unspecified atom stereocenters. The van der Waals surface area contributed by atoms with Gasteiger partial charge >= 0.3 is 11.5 Å². The molecule has 3 nitrogen and oxygen atoms in total. The van der Waals surface area contributed by atoms with Gasteiger partial charge in [0.15, 0.2) is 11.6 Å². The highest BCUT2D eigenvalue weighted by atomic mass is 35.5. The molecule has 3 aromatic carbocycles. The van der Waals surface area contributed by atoms with Crippen LogP contribution in [0.25, 0.3) is 16.7 Å². The topological polar surface area (TPSA) is 35.5 Å². The van der Waals surface area contributed by atoms with Crippen LogP contribution >= 0.6 is 11.6 Å². The van der Waals surface area contributed by atoms with Crippen LogP contribution in [0.2, 0.25) is 0 Å². The Bertz CT molecular complexity index is 1410. The summed E-state index contributed by atoms with van der Waals surface area (Å²) in [7, 11) is 0. The van der Waals surface area contributed by atoms with Gasteiger partial charge in [-0.05, 0) is 53.1 Å². The molecule has 37 heavy (non-hydrogen) atoms. The predicted octanol–water partition coefficient (Wildman–Crippen LogP) is 8.26. The van der Waals surface area contributed by atoms with Crippen molar-refractivity contribution in [1.29, 1.82) is 0 Å². The summed E-state index contributed by atoms with van der Waals surface area (Å²) in [5.41, 5.74) is -2.42. The van der Waals surface area contributed by atoms with Crippen molar-refractivity contribution in [1.82, 2.24) is 0 Å². The molecular formula is C26H14ClF7O3. The standard InChI is InChI=1S/C26H14ClF7O3/c27-25(35)36-16-4-1-13(2-5-16)14-3-7-18(20(29)9-14)15-10-22(31)24(23(32)11-15)26(33,34)37-17-6-8-19(28)21(30)12-17/h1-4,6-12,16H,5H2. The van der Waals surface area contributed by atoms with E-state index in [9.17, 15) is 35.5 Å². The molecule has 0 saturated heterocycles. The lowest BCUT2D eigenvalue weighted by molar-refractivity contribution is -0.189. The van der Waals surface area contributed by atoms with Gasteiger partial charge in [0.1, 0.15) is 34.9 Å². The lowest BCUT2D eigenvalue weighted by Crippen LogP contribution is -2.25. The Kier molecular flexibility index (Phi) is 7.31. The summed E-state index contributed by atoms with van der Waals surface area (Å²) in [5, 5.41) is 0. The maximum absolute atomic E-state index is 14.9. The molecule has 11 heteroatoms. The van der Waals surface area contributed by atoms with E-state index >= 15 is 0 Å². The minimum Gasteiger partial charge on any atom is -0.446 e. The number of alkyl halides is 2. The molecule has 0 bridgehead atoms. The van der Waals surface area contributed by atoms with Crippen molar-refractivity contribution in [3.63, 3.8) is 0 Å². The predicted molar refractivity (Wildman–Crippen MR) is 120 cm³/mol. The van der Waals surface area contributed by atoms with E-state index in [4.69, 9.17) is 16.3 Å². The third-order valence-electron chi connectivity index (χ3n) is 5.39. The van der Waals surface area contributed by atoms with Crippen molar-refractivity contribution in [3.8, 4) is 16.9 Å². The normalized spacial score (nSPS) is 15.4. The van der Waals surface area contributed by atoms with E-state index in [1.54, 1.807) is 18.2 Å². The molecule has 1 aliphatic rings. The van der Waals surface area contributed by atoms with Crippen LogP contribution in [0, 0.1) is 29.1 Å². The second kappa shape index (κ2) is 10.3. The van der Waals surface area contributed by atoms with Gasteiger partial charge in [0, 0.05) is 29.7 Å². The Hall–Kier alpha value is -3.79. The minimum atomic E-state index is -4.60. The van der Waals surface area contributed by atoms with Crippen LogP contribution < -0.4 is 4.74 Å². The van der Waals surface area contributed by atoms with E-state index in [0.29, 0.717) is 41.5 Å². The van der Waals surface area contributed by atoms with Crippen LogP contribution in [0.1, 0.15) is 17.5 Å². The van der Waals surface area contributed by atoms with Gasteiger partial charge < -0.3 is 9.47 Å². The number of hydrogen-bond acceptors (Lipinski definition) is 3. The van der Waals surface area contributed by atoms with Crippen molar-refractivity contribution < 1.29 is 45.0 Å². The van der Waals surface area contributed by atoms with Crippen LogP contribution in [-0.2, 0) is 10.8 Å². The molecule has 4 rings (SSSR count). The molecule has 0 spiro atoms. The van der Waals surface area contributed by atoms with Gasteiger partial charge in [-0.15, -0.1) is 0 Å². The fraction of sp³-hybridized carbons (Fsp3) is 0.115. The van der Waals surface area contributed by atoms with Gasteiger partial charge in [0.2, 0.25) is 0 Å². The molecule has 0 aromatic heterocycles. The highest BCUT2D eigenvalue weighted by Gasteiger charge is 2.41. The summed E-state index contributed by atoms with van der Waals surface area (Å²) in [4.78, 5) is 10.8. The average molecular weight is 543 g/mol. The zero-order valence-corrected chi connectivity index (χ0v) is 19.1. The highest BCUT2D eigenvalue weighted by molar-refractivity contribution is 6.61. The number of benzene rings is 3. The van der Waals surface area contributed by atoms with Gasteiger partial charge in [-0.1, -0.05) is 24.3 Å². The molecule has 1 atom stereocenters. The van der Waals surface area contributed by atoms with Crippen molar-refractivity contribution >= 4 is 22.6 Å². The second-order valence-electron chi connectivity index (χ2n) is 7.85. The highest BCUT2D eigenvalue weighted by Crippen LogP contribution is 2.38. The quantitative estimate of drug-likeness (QED) is 0.232. The van der Waals surface area contributed by atoms with Crippen LogP contribution in [0.3, 0.4) is 0 Å². The molecule has 0 radical (unpaired) electrons. The maximum Gasteiger partial charge on any atom is 0.432 e. The fourth-order valence-electron chi connectivity index (χ4n) is 3.70. The van der Waals surface area contributed by atoms with Crippen LogP contribution in [0.5, 0.6) is 5.75 Å². The van der Waals surface area contributed by atoms with Crippen molar-refractivity contribution in [2.75, 3.05) is 0 Å². The smallest absolute Gasteiger partial charge is 0.432 e. The van der Waals surface area contributed by atoms with E-state index in [1.807, 2.05) is 0 Å². The number of hydrogen-bond donors (Lipinski definition) is 0. The summed E-state index contributed by atoms with van der Waals surface area (Å²) in [5.74, 6) is -8.08. The first-order valence-electron chi connectivity index (χ1n) is 10.5. The molecular weight excluding hydrogens is 529 g/mol. The monoisotopic (exact) mass is 542 g/mol. The zero-order valence-electron chi connectivity index (χ0n) is 18.4. The van der Waals surface area contributed by atoms with E-state index in [-0.39, 0.29) is 17.5 Å². The largest absolute Gasteiger partial charge is 0.446 e. The van der Waals surface area contributed by atoms with E-state index < -0.39 is 58.0 Å². The third-order valence-corrected chi connectivity index (χ3v) is 5.48. The average Bonchev–Trinajstić information content (AvgIpc) is 2.80. The minimum absolute atomic E-state index is 0.271. The molecule has 0 saturated carbocycles. The number of ether oxygens (including phenoxy) is 2. The second-order valence-corrected chi connectivity index (χ2v) is 8.16. The molecule has 0 aliphatic heterocycles. The van der Waals surface area contributed by atoms with Gasteiger partial charge in [0.05, 0.1) is 0 Å². The van der Waals surface area contributed by atoms with Gasteiger partial charge in [-0.2, -0.15) is 8.78 Å². The van der Waals surface area contributed by atoms with Crippen LogP contribution in [0.15, 0.2) is 66.8 Å². The molecule has 192 valence electrons. The number of carbonyl (C=O) groups excluding carboxylic acids is 1. The fourth-order valence-corrected chi connectivity index (χ4v) is 3.81. The van der Waals surface area contributed by atoms with Crippen molar-refractivity contribution in [2.24, 2.45) is 0 Å². The Labute approximate surface area is 210 Å². The number of halogens is 8. The summed E-state index contributed by atoms with van der Waals surface area (Å²) in [6, 6.07) is 6.23. The summed E-state index contributed by atoms with van der Waals surface area (Å²) >= 11 is 5.17. The Balaban J connectivity index is 1.59. The molecule has 3 aromatic rings. The number of rotatable bonds is 6. The van der Waals surface area contributed by atoms with Crippen molar-refractivity contribution in [3.05, 3.63) is 107 Å². The van der Waals surface area contributed by atoms with Gasteiger partial charge in [-0.25, -0.2) is 26.7 Å². The summed E-state index contributed by atoms with van der Waals surface area (Å²) in [6.45, 7) is 0. The van der Waals surface area contributed by atoms with Crippen LogP contribution in [0.4, 0.5) is 35.5 Å². The maximum atomic E-state index is 14.9. The molecule has 0 N–H and O–H groups in total. The molecule has 0 heterocycles. The third kappa shape index (κ3) is 5.80. The molecule has 0 fully saturated rings. The van der Waals surface area contributed by atoms with E-state index in [2.05, 4.69) is 4.74 Å². The van der Waals surface area contributed by atoms with Crippen molar-refractivity contribution in [2.45, 2.75) is 18.6 Å². The number of allylic oxidation sites excluding steroid dienone is 2. The Morgan fingerprint density at radius 3 is 2.08 bits per heavy atom.